The zero-order valence-electron chi connectivity index (χ0n) is 19.8. The lowest BCUT2D eigenvalue weighted by Gasteiger charge is -2.35. The van der Waals surface area contributed by atoms with Gasteiger partial charge in [-0.1, -0.05) is 25.7 Å². The predicted octanol–water partition coefficient (Wildman–Crippen LogP) is 2.39. The van der Waals surface area contributed by atoms with Crippen molar-refractivity contribution in [3.63, 3.8) is 0 Å². The van der Waals surface area contributed by atoms with Crippen LogP contribution in [0.4, 0.5) is 10.2 Å². The minimum absolute atomic E-state index is 0.101. The van der Waals surface area contributed by atoms with Gasteiger partial charge < -0.3 is 20.4 Å². The van der Waals surface area contributed by atoms with Crippen LogP contribution in [0.1, 0.15) is 69.7 Å². The van der Waals surface area contributed by atoms with Crippen LogP contribution in [0, 0.1) is 5.82 Å². The molecule has 4 aliphatic rings. The highest BCUT2D eigenvalue weighted by molar-refractivity contribution is 6.00. The third-order valence-corrected chi connectivity index (χ3v) is 6.41. The number of rotatable bonds is 0. The van der Waals surface area contributed by atoms with E-state index in [-0.39, 0.29) is 28.6 Å². The summed E-state index contributed by atoms with van der Waals surface area (Å²) in [5, 5.41) is 14.0. The van der Waals surface area contributed by atoms with E-state index >= 15 is 0 Å². The second-order valence-electron chi connectivity index (χ2n) is 8.88. The lowest BCUT2D eigenvalue weighted by atomic mass is 10.1. The van der Waals surface area contributed by atoms with Gasteiger partial charge in [0.1, 0.15) is 5.82 Å². The number of halogens is 1. The number of fused-ring (bicyclic) bond motifs is 2. The summed E-state index contributed by atoms with van der Waals surface area (Å²) in [4.78, 5) is 41.4. The number of hydrogen-bond acceptors (Lipinski definition) is 6. The molecule has 0 unspecified atom stereocenters. The van der Waals surface area contributed by atoms with Crippen molar-refractivity contribution in [2.75, 3.05) is 44.2 Å². The second kappa shape index (κ2) is 11.7. The Kier molecular flexibility index (Phi) is 8.23. The molecule has 2 aromatic rings. The van der Waals surface area contributed by atoms with Crippen molar-refractivity contribution < 1.29 is 18.8 Å². The molecule has 1 saturated heterocycles. The van der Waals surface area contributed by atoms with Crippen molar-refractivity contribution in [3.05, 3.63) is 53.0 Å². The van der Waals surface area contributed by atoms with Crippen molar-refractivity contribution in [2.45, 2.75) is 38.5 Å². The van der Waals surface area contributed by atoms with E-state index in [0.29, 0.717) is 45.1 Å². The van der Waals surface area contributed by atoms with Crippen LogP contribution in [-0.4, -0.2) is 72.1 Å². The molecule has 10 heteroatoms. The molecule has 6 bridgehead atoms. The van der Waals surface area contributed by atoms with Crippen molar-refractivity contribution >= 4 is 23.5 Å². The van der Waals surface area contributed by atoms with Crippen LogP contribution in [0.25, 0.3) is 0 Å². The minimum Gasteiger partial charge on any atom is -0.352 e. The lowest BCUT2D eigenvalue weighted by molar-refractivity contribution is 0.0741. The maximum Gasteiger partial charge on any atom is 0.271 e. The SMILES string of the molecule is O=C1NCCCCCCCCNC(=O)c2ccc(nn2)N2CCN(CC2)C(=O)c2cc1ccc2F. The van der Waals surface area contributed by atoms with Crippen molar-refractivity contribution in [3.8, 4) is 0 Å². The predicted molar refractivity (Wildman–Crippen MR) is 129 cm³/mol. The first-order chi connectivity index (χ1) is 17.0. The fourth-order valence-electron chi connectivity index (χ4n) is 4.31. The zero-order chi connectivity index (χ0) is 24.6. The molecule has 1 fully saturated rings. The Labute approximate surface area is 204 Å². The summed E-state index contributed by atoms with van der Waals surface area (Å²) in [7, 11) is 0. The molecular formula is C25H31FN6O3. The van der Waals surface area contributed by atoms with E-state index in [1.54, 1.807) is 17.0 Å². The topological polar surface area (TPSA) is 108 Å². The molecule has 1 aromatic carbocycles. The van der Waals surface area contributed by atoms with Gasteiger partial charge in [0.05, 0.1) is 5.56 Å². The molecule has 0 radical (unpaired) electrons. The van der Waals surface area contributed by atoms with Gasteiger partial charge in [0, 0.05) is 44.8 Å². The first-order valence-electron chi connectivity index (χ1n) is 12.3. The average Bonchev–Trinajstić information content (AvgIpc) is 2.89. The summed E-state index contributed by atoms with van der Waals surface area (Å²) in [6.07, 6.45) is 5.81. The summed E-state index contributed by atoms with van der Waals surface area (Å²) in [6, 6.07) is 7.33. The van der Waals surface area contributed by atoms with Gasteiger partial charge in [0.2, 0.25) is 0 Å². The molecule has 0 aliphatic carbocycles. The standard InChI is InChI=1S/C25H31FN6O3/c26-20-8-7-18-17-19(20)25(35)32-15-13-31(14-16-32)22-10-9-21(29-30-22)24(34)28-12-6-4-2-1-3-5-11-27-23(18)33/h7-10,17H,1-6,11-16H2,(H,27,33)(H,28,34). The molecule has 186 valence electrons. The van der Waals surface area contributed by atoms with Crippen molar-refractivity contribution in [2.24, 2.45) is 0 Å². The highest BCUT2D eigenvalue weighted by atomic mass is 19.1. The van der Waals surface area contributed by atoms with Crippen LogP contribution >= 0.6 is 0 Å². The summed E-state index contributed by atoms with van der Waals surface area (Å²) < 4.78 is 14.5. The fourth-order valence-corrected chi connectivity index (χ4v) is 4.31. The molecule has 9 nitrogen and oxygen atoms in total. The molecule has 2 N–H and O–H groups in total. The molecule has 0 atom stereocenters. The first kappa shape index (κ1) is 24.6. The number of hydrogen-bond donors (Lipinski definition) is 2. The van der Waals surface area contributed by atoms with Crippen LogP contribution in [0.3, 0.4) is 0 Å². The fraction of sp³-hybridized carbons (Fsp3) is 0.480. The van der Waals surface area contributed by atoms with Gasteiger partial charge >= 0.3 is 0 Å². The van der Waals surface area contributed by atoms with Crippen molar-refractivity contribution in [1.29, 1.82) is 0 Å². The first-order valence-corrected chi connectivity index (χ1v) is 12.3. The van der Waals surface area contributed by atoms with E-state index in [1.165, 1.54) is 18.2 Å². The van der Waals surface area contributed by atoms with E-state index < -0.39 is 11.7 Å². The normalized spacial score (nSPS) is 18.7. The smallest absolute Gasteiger partial charge is 0.271 e. The molecular weight excluding hydrogens is 451 g/mol. The van der Waals surface area contributed by atoms with Crippen LogP contribution in [-0.2, 0) is 0 Å². The molecule has 6 rings (SSSR count). The number of aromatic nitrogens is 2. The summed E-state index contributed by atoms with van der Waals surface area (Å²) >= 11 is 0. The van der Waals surface area contributed by atoms with E-state index in [4.69, 9.17) is 0 Å². The van der Waals surface area contributed by atoms with Crippen LogP contribution in [0.2, 0.25) is 0 Å². The minimum atomic E-state index is -0.643. The van der Waals surface area contributed by atoms with Gasteiger partial charge in [-0.2, -0.15) is 0 Å². The number of piperazine rings is 1. The van der Waals surface area contributed by atoms with Crippen LogP contribution in [0.15, 0.2) is 30.3 Å². The highest BCUT2D eigenvalue weighted by Crippen LogP contribution is 2.18. The third-order valence-electron chi connectivity index (χ3n) is 6.41. The summed E-state index contributed by atoms with van der Waals surface area (Å²) in [5.41, 5.74) is 0.449. The summed E-state index contributed by atoms with van der Waals surface area (Å²) in [5.74, 6) is -1.02. The van der Waals surface area contributed by atoms with Gasteiger partial charge in [-0.15, -0.1) is 10.2 Å². The van der Waals surface area contributed by atoms with Crippen molar-refractivity contribution in [1.82, 2.24) is 25.7 Å². The maximum atomic E-state index is 14.5. The number of carbonyl (C=O) groups is 3. The van der Waals surface area contributed by atoms with Gasteiger partial charge in [-0.05, 0) is 43.2 Å². The van der Waals surface area contributed by atoms with Crippen LogP contribution < -0.4 is 15.5 Å². The Morgan fingerprint density at radius 1 is 0.714 bits per heavy atom. The Bertz CT molecular complexity index is 1050. The van der Waals surface area contributed by atoms with E-state index in [1.807, 2.05) is 4.90 Å². The van der Waals surface area contributed by atoms with E-state index in [0.717, 1.165) is 38.5 Å². The maximum absolute atomic E-state index is 14.5. The zero-order valence-corrected chi connectivity index (χ0v) is 19.8. The molecule has 35 heavy (non-hydrogen) atoms. The third kappa shape index (κ3) is 6.32. The Morgan fingerprint density at radius 2 is 1.34 bits per heavy atom. The van der Waals surface area contributed by atoms with Gasteiger partial charge in [-0.25, -0.2) is 4.39 Å². The molecule has 5 heterocycles. The Balaban J connectivity index is 1.48. The number of carbonyl (C=O) groups excluding carboxylic acids is 3. The monoisotopic (exact) mass is 482 g/mol. The number of anilines is 1. The van der Waals surface area contributed by atoms with Gasteiger partial charge in [0.15, 0.2) is 11.5 Å². The molecule has 3 amide bonds. The van der Waals surface area contributed by atoms with E-state index in [2.05, 4.69) is 20.8 Å². The molecule has 0 spiro atoms. The van der Waals surface area contributed by atoms with Gasteiger partial charge in [-0.3, -0.25) is 14.4 Å². The Morgan fingerprint density at radius 3 is 2.00 bits per heavy atom. The number of nitrogens with one attached hydrogen (secondary N) is 2. The Hall–Kier alpha value is -3.56. The largest absolute Gasteiger partial charge is 0.352 e. The number of amides is 3. The molecule has 0 saturated carbocycles. The number of benzene rings is 1. The average molecular weight is 483 g/mol. The van der Waals surface area contributed by atoms with Gasteiger partial charge in [0.25, 0.3) is 17.7 Å². The molecule has 4 aliphatic heterocycles. The quantitative estimate of drug-likeness (QED) is 0.597. The highest BCUT2D eigenvalue weighted by Gasteiger charge is 2.26. The summed E-state index contributed by atoms with van der Waals surface area (Å²) in [6.45, 7) is 2.85. The van der Waals surface area contributed by atoms with E-state index in [9.17, 15) is 18.8 Å². The second-order valence-corrected chi connectivity index (χ2v) is 8.88. The molecule has 1 aromatic heterocycles. The number of nitrogens with zero attached hydrogens (tertiary/aromatic N) is 4. The van der Waals surface area contributed by atoms with Crippen LogP contribution in [0.5, 0.6) is 0 Å². The lowest BCUT2D eigenvalue weighted by Crippen LogP contribution is -2.49.